The molecule has 2 aromatic heterocycles. The molecule has 0 saturated heterocycles. The van der Waals surface area contributed by atoms with Gasteiger partial charge in [-0.05, 0) is 55.7 Å². The van der Waals surface area contributed by atoms with Crippen LogP contribution in [0.1, 0.15) is 29.6 Å². The Morgan fingerprint density at radius 1 is 1.00 bits per heavy atom. The van der Waals surface area contributed by atoms with E-state index in [1.54, 1.807) is 36.7 Å². The average Bonchev–Trinajstić information content (AvgIpc) is 3.37. The van der Waals surface area contributed by atoms with Crippen LogP contribution < -0.4 is 15.4 Å². The molecule has 1 atom stereocenters. The van der Waals surface area contributed by atoms with E-state index in [9.17, 15) is 23.1 Å². The number of carboxylic acids is 1. The number of aromatic nitrogens is 3. The molecule has 2 aromatic carbocycles. The summed E-state index contributed by atoms with van der Waals surface area (Å²) in [6.07, 6.45) is 3.81. The Kier molecular flexibility index (Phi) is 7.80. The van der Waals surface area contributed by atoms with Crippen molar-refractivity contribution in [3.05, 3.63) is 84.7 Å². The van der Waals surface area contributed by atoms with Gasteiger partial charge >= 0.3 is 5.97 Å². The number of amides is 1. The van der Waals surface area contributed by atoms with Crippen molar-refractivity contribution in [3.63, 3.8) is 0 Å². The minimum absolute atomic E-state index is 0.120. The average molecular weight is 523 g/mol. The van der Waals surface area contributed by atoms with Gasteiger partial charge in [0.2, 0.25) is 15.7 Å². The van der Waals surface area contributed by atoms with E-state index >= 15 is 0 Å². The van der Waals surface area contributed by atoms with Crippen LogP contribution in [0.3, 0.4) is 0 Å². The molecule has 192 valence electrons. The lowest BCUT2D eigenvalue weighted by molar-refractivity contribution is -0.145. The highest BCUT2D eigenvalue weighted by atomic mass is 32.2. The van der Waals surface area contributed by atoms with Crippen LogP contribution >= 0.6 is 0 Å². The molecule has 1 amide bonds. The standard InChI is InChI=1S/C25H26N6O5S/c32-23(18-11-12-19-17-28-30-21(19)16-18)29-25(24(33)34,31-37(35,36)20-8-2-1-3-9-20)13-5-7-15-27-22-10-4-6-14-26-22/h1-4,6,8-12,14,16-17,31H,5,7,13,15H2,(H,26,27)(H,28,30)(H,29,32)(H,33,34). The van der Waals surface area contributed by atoms with Crippen LogP contribution in [0.25, 0.3) is 10.9 Å². The van der Waals surface area contributed by atoms with Crippen LogP contribution in [-0.2, 0) is 14.8 Å². The first-order valence-corrected chi connectivity index (χ1v) is 13.0. The summed E-state index contributed by atoms with van der Waals surface area (Å²) in [6, 6.07) is 17.5. The lowest BCUT2D eigenvalue weighted by atomic mass is 10.0. The first-order valence-electron chi connectivity index (χ1n) is 11.5. The van der Waals surface area contributed by atoms with Crippen LogP contribution in [-0.4, -0.2) is 52.8 Å². The van der Waals surface area contributed by atoms with E-state index in [1.807, 2.05) is 6.07 Å². The zero-order valence-corrected chi connectivity index (χ0v) is 20.5. The van der Waals surface area contributed by atoms with Crippen molar-refractivity contribution in [2.24, 2.45) is 0 Å². The Balaban J connectivity index is 1.56. The minimum Gasteiger partial charge on any atom is -0.478 e. The van der Waals surface area contributed by atoms with Gasteiger partial charge in [0.25, 0.3) is 5.91 Å². The number of unbranched alkanes of at least 4 members (excludes halogenated alkanes) is 1. The molecule has 0 radical (unpaired) electrons. The maximum atomic E-state index is 13.2. The summed E-state index contributed by atoms with van der Waals surface area (Å²) >= 11 is 0. The van der Waals surface area contributed by atoms with E-state index in [0.29, 0.717) is 24.3 Å². The Hall–Kier alpha value is -4.29. The summed E-state index contributed by atoms with van der Waals surface area (Å²) in [5.74, 6) is -1.61. The lowest BCUT2D eigenvalue weighted by Crippen LogP contribution is -2.65. The van der Waals surface area contributed by atoms with E-state index in [-0.39, 0.29) is 23.3 Å². The molecular weight excluding hydrogens is 496 g/mol. The number of aromatic amines is 1. The van der Waals surface area contributed by atoms with E-state index in [2.05, 4.69) is 30.5 Å². The molecule has 37 heavy (non-hydrogen) atoms. The van der Waals surface area contributed by atoms with Gasteiger partial charge in [-0.1, -0.05) is 30.3 Å². The number of sulfonamides is 1. The Bertz CT molecular complexity index is 1480. The summed E-state index contributed by atoms with van der Waals surface area (Å²) in [6.45, 7) is 0.475. The molecule has 4 rings (SSSR count). The highest BCUT2D eigenvalue weighted by Crippen LogP contribution is 2.20. The summed E-state index contributed by atoms with van der Waals surface area (Å²) in [5, 5.41) is 23.2. The van der Waals surface area contributed by atoms with Crippen LogP contribution in [0.5, 0.6) is 0 Å². The van der Waals surface area contributed by atoms with Gasteiger partial charge in [-0.2, -0.15) is 9.82 Å². The summed E-state index contributed by atoms with van der Waals surface area (Å²) in [4.78, 5) is 29.8. The van der Waals surface area contributed by atoms with E-state index < -0.39 is 27.6 Å². The second kappa shape index (κ2) is 11.2. The number of rotatable bonds is 12. The molecule has 2 heterocycles. The largest absolute Gasteiger partial charge is 0.478 e. The predicted octanol–water partition coefficient (Wildman–Crippen LogP) is 2.73. The van der Waals surface area contributed by atoms with E-state index in [1.165, 1.54) is 36.4 Å². The molecule has 0 bridgehead atoms. The molecule has 0 aliphatic carbocycles. The van der Waals surface area contributed by atoms with Gasteiger partial charge in [0.1, 0.15) is 5.82 Å². The number of nitrogens with zero attached hydrogens (tertiary/aromatic N) is 2. The summed E-state index contributed by atoms with van der Waals surface area (Å²) < 4.78 is 28.5. The first kappa shape index (κ1) is 25.8. The third-order valence-corrected chi connectivity index (χ3v) is 7.22. The summed E-state index contributed by atoms with van der Waals surface area (Å²) in [7, 11) is -4.29. The van der Waals surface area contributed by atoms with Crippen molar-refractivity contribution in [2.75, 3.05) is 11.9 Å². The number of anilines is 1. The maximum absolute atomic E-state index is 13.2. The Labute approximate surface area is 213 Å². The monoisotopic (exact) mass is 522 g/mol. The van der Waals surface area contributed by atoms with Crippen molar-refractivity contribution in [3.8, 4) is 0 Å². The van der Waals surface area contributed by atoms with Crippen molar-refractivity contribution in [1.82, 2.24) is 25.2 Å². The zero-order valence-electron chi connectivity index (χ0n) is 19.7. The second-order valence-corrected chi connectivity index (χ2v) is 10.0. The van der Waals surface area contributed by atoms with Gasteiger partial charge in [0.15, 0.2) is 0 Å². The van der Waals surface area contributed by atoms with Crippen LogP contribution in [0, 0.1) is 0 Å². The minimum atomic E-state index is -4.29. The van der Waals surface area contributed by atoms with Gasteiger partial charge in [-0.25, -0.2) is 18.2 Å². The maximum Gasteiger partial charge on any atom is 0.345 e. The number of fused-ring (bicyclic) bond motifs is 1. The normalized spacial score (nSPS) is 13.1. The SMILES string of the molecule is O=C(NC(CCCCNc1ccccn1)(NS(=O)(=O)c1ccccc1)C(=O)O)c1ccc2cn[nH]c2c1. The van der Waals surface area contributed by atoms with Crippen molar-refractivity contribution >= 4 is 38.6 Å². The number of carbonyl (C=O) groups is 2. The topological polar surface area (TPSA) is 166 Å². The fourth-order valence-electron chi connectivity index (χ4n) is 3.77. The van der Waals surface area contributed by atoms with E-state index in [4.69, 9.17) is 0 Å². The summed E-state index contributed by atoms with van der Waals surface area (Å²) in [5.41, 5.74) is -1.56. The number of hydrogen-bond acceptors (Lipinski definition) is 7. The number of aliphatic carboxylic acids is 1. The molecule has 12 heteroatoms. The molecular formula is C25H26N6O5S. The molecule has 0 spiro atoms. The highest BCUT2D eigenvalue weighted by molar-refractivity contribution is 7.89. The quantitative estimate of drug-likeness (QED) is 0.140. The van der Waals surface area contributed by atoms with Crippen LogP contribution in [0.2, 0.25) is 0 Å². The first-order chi connectivity index (χ1) is 17.8. The lowest BCUT2D eigenvalue weighted by Gasteiger charge is -2.31. The molecule has 11 nitrogen and oxygen atoms in total. The zero-order chi connectivity index (χ0) is 26.3. The number of hydrogen-bond donors (Lipinski definition) is 5. The molecule has 0 fully saturated rings. The third kappa shape index (κ3) is 6.29. The highest BCUT2D eigenvalue weighted by Gasteiger charge is 2.44. The van der Waals surface area contributed by atoms with Gasteiger partial charge in [0.05, 0.1) is 16.6 Å². The fourth-order valence-corrected chi connectivity index (χ4v) is 5.11. The predicted molar refractivity (Wildman–Crippen MR) is 137 cm³/mol. The Morgan fingerprint density at radius 2 is 1.78 bits per heavy atom. The number of benzene rings is 2. The van der Waals surface area contributed by atoms with Crippen molar-refractivity contribution < 1.29 is 23.1 Å². The second-order valence-electron chi connectivity index (χ2n) is 8.35. The number of carbonyl (C=O) groups excluding carboxylic acids is 1. The van der Waals surface area contributed by atoms with Crippen molar-refractivity contribution in [1.29, 1.82) is 0 Å². The van der Waals surface area contributed by atoms with Crippen LogP contribution in [0.4, 0.5) is 5.82 Å². The van der Waals surface area contributed by atoms with Gasteiger partial charge in [-0.15, -0.1) is 0 Å². The molecule has 4 aromatic rings. The van der Waals surface area contributed by atoms with Gasteiger partial charge < -0.3 is 15.7 Å². The van der Waals surface area contributed by atoms with Gasteiger partial charge in [-0.3, -0.25) is 9.89 Å². The molecule has 1 unspecified atom stereocenters. The number of H-pyrrole nitrogens is 1. The Morgan fingerprint density at radius 3 is 2.51 bits per heavy atom. The number of nitrogens with one attached hydrogen (secondary N) is 4. The molecule has 0 aliphatic heterocycles. The smallest absolute Gasteiger partial charge is 0.345 e. The molecule has 0 saturated carbocycles. The molecule has 0 aliphatic rings. The fraction of sp³-hybridized carbons (Fsp3) is 0.200. The molecule has 5 N–H and O–H groups in total. The third-order valence-electron chi connectivity index (χ3n) is 5.71. The van der Waals surface area contributed by atoms with Crippen molar-refractivity contribution in [2.45, 2.75) is 29.8 Å². The number of pyridine rings is 1. The van der Waals surface area contributed by atoms with E-state index in [0.717, 1.165) is 5.39 Å². The number of carboxylic acid groups (broad SMARTS) is 1. The van der Waals surface area contributed by atoms with Gasteiger partial charge in [0, 0.05) is 23.7 Å². The van der Waals surface area contributed by atoms with Crippen LogP contribution in [0.15, 0.2) is 84.0 Å².